The van der Waals surface area contributed by atoms with Crippen LogP contribution < -0.4 is 0 Å². The van der Waals surface area contributed by atoms with E-state index in [1.807, 2.05) is 17.2 Å². The first-order valence-electron chi connectivity index (χ1n) is 4.80. The van der Waals surface area contributed by atoms with Crippen LogP contribution in [0.3, 0.4) is 0 Å². The summed E-state index contributed by atoms with van der Waals surface area (Å²) in [6.07, 6.45) is 2.87. The maximum atomic E-state index is 11.7. The quantitative estimate of drug-likeness (QED) is 0.657. The molecule has 0 bridgehead atoms. The van der Waals surface area contributed by atoms with Crippen LogP contribution in [0.25, 0.3) is 0 Å². The SMILES string of the molecule is CN(C)C(=O)N1CCc2[nH]ccc2C1. The molecular formula is C10H15N3O. The van der Waals surface area contributed by atoms with Crippen molar-refractivity contribution in [1.82, 2.24) is 14.8 Å². The fourth-order valence-electron chi connectivity index (χ4n) is 1.79. The Hall–Kier alpha value is -1.45. The summed E-state index contributed by atoms with van der Waals surface area (Å²) in [6, 6.07) is 2.14. The standard InChI is InChI=1S/C10H15N3O/c1-12(2)10(14)13-6-4-9-8(7-13)3-5-11-9/h3,5,11H,4,6-7H2,1-2H3. The molecule has 1 aromatic rings. The van der Waals surface area contributed by atoms with E-state index in [-0.39, 0.29) is 6.03 Å². The second-order valence-corrected chi connectivity index (χ2v) is 3.83. The van der Waals surface area contributed by atoms with Gasteiger partial charge in [0.1, 0.15) is 0 Å². The number of aromatic amines is 1. The molecular weight excluding hydrogens is 178 g/mol. The molecule has 4 heteroatoms. The van der Waals surface area contributed by atoms with E-state index in [4.69, 9.17) is 0 Å². The lowest BCUT2D eigenvalue weighted by Crippen LogP contribution is -2.41. The van der Waals surface area contributed by atoms with E-state index in [1.54, 1.807) is 19.0 Å². The van der Waals surface area contributed by atoms with Crippen LogP contribution in [0.4, 0.5) is 4.79 Å². The van der Waals surface area contributed by atoms with Crippen molar-refractivity contribution in [3.05, 3.63) is 23.5 Å². The van der Waals surface area contributed by atoms with Crippen LogP contribution in [-0.4, -0.2) is 41.5 Å². The zero-order valence-electron chi connectivity index (χ0n) is 8.58. The van der Waals surface area contributed by atoms with Crippen LogP contribution in [0.5, 0.6) is 0 Å². The first-order chi connectivity index (χ1) is 6.68. The van der Waals surface area contributed by atoms with E-state index in [0.29, 0.717) is 0 Å². The highest BCUT2D eigenvalue weighted by Gasteiger charge is 2.21. The molecule has 0 spiro atoms. The smallest absolute Gasteiger partial charge is 0.319 e. The van der Waals surface area contributed by atoms with Crippen molar-refractivity contribution in [2.24, 2.45) is 0 Å². The summed E-state index contributed by atoms with van der Waals surface area (Å²) in [5, 5.41) is 0. The molecule has 0 radical (unpaired) electrons. The van der Waals surface area contributed by atoms with Crippen LogP contribution in [0.2, 0.25) is 0 Å². The van der Waals surface area contributed by atoms with E-state index in [9.17, 15) is 4.79 Å². The van der Waals surface area contributed by atoms with Gasteiger partial charge >= 0.3 is 6.03 Å². The summed E-state index contributed by atoms with van der Waals surface area (Å²) in [6.45, 7) is 1.54. The Balaban J connectivity index is 2.11. The summed E-state index contributed by atoms with van der Waals surface area (Å²) in [4.78, 5) is 18.4. The van der Waals surface area contributed by atoms with E-state index in [2.05, 4.69) is 4.98 Å². The number of nitrogens with one attached hydrogen (secondary N) is 1. The summed E-state index contributed by atoms with van der Waals surface area (Å²) in [5.41, 5.74) is 2.51. The Morgan fingerprint density at radius 1 is 1.57 bits per heavy atom. The van der Waals surface area contributed by atoms with Gasteiger partial charge in [0.2, 0.25) is 0 Å². The minimum absolute atomic E-state index is 0.0943. The van der Waals surface area contributed by atoms with E-state index in [1.165, 1.54) is 11.3 Å². The van der Waals surface area contributed by atoms with Gasteiger partial charge in [0, 0.05) is 45.5 Å². The third kappa shape index (κ3) is 1.47. The molecule has 1 N–H and O–H groups in total. The number of carbonyl (C=O) groups is 1. The minimum atomic E-state index is 0.0943. The van der Waals surface area contributed by atoms with Gasteiger partial charge in [0.25, 0.3) is 0 Å². The van der Waals surface area contributed by atoms with Gasteiger partial charge in [0.05, 0.1) is 0 Å². The first kappa shape index (κ1) is 9.12. The van der Waals surface area contributed by atoms with Gasteiger partial charge in [-0.15, -0.1) is 0 Å². The van der Waals surface area contributed by atoms with Crippen LogP contribution in [0, 0.1) is 0 Å². The molecule has 76 valence electrons. The number of nitrogens with zero attached hydrogens (tertiary/aromatic N) is 2. The number of hydrogen-bond donors (Lipinski definition) is 1. The Morgan fingerprint density at radius 2 is 2.36 bits per heavy atom. The first-order valence-corrected chi connectivity index (χ1v) is 4.80. The normalized spacial score (nSPS) is 15.1. The van der Waals surface area contributed by atoms with Gasteiger partial charge in [-0.2, -0.15) is 0 Å². The van der Waals surface area contributed by atoms with E-state index >= 15 is 0 Å². The number of fused-ring (bicyclic) bond motifs is 1. The lowest BCUT2D eigenvalue weighted by molar-refractivity contribution is 0.165. The van der Waals surface area contributed by atoms with Gasteiger partial charge in [-0.1, -0.05) is 0 Å². The van der Waals surface area contributed by atoms with Crippen molar-refractivity contribution in [2.45, 2.75) is 13.0 Å². The fourth-order valence-corrected chi connectivity index (χ4v) is 1.79. The molecule has 0 fully saturated rings. The summed E-state index contributed by atoms with van der Waals surface area (Å²) >= 11 is 0. The van der Waals surface area contributed by atoms with Crippen molar-refractivity contribution in [1.29, 1.82) is 0 Å². The summed E-state index contributed by atoms with van der Waals surface area (Å²) in [7, 11) is 3.57. The number of rotatable bonds is 0. The lowest BCUT2D eigenvalue weighted by Gasteiger charge is -2.29. The minimum Gasteiger partial charge on any atom is -0.365 e. The van der Waals surface area contributed by atoms with Gasteiger partial charge < -0.3 is 14.8 Å². The zero-order chi connectivity index (χ0) is 10.1. The number of amides is 2. The fraction of sp³-hybridized carbons (Fsp3) is 0.500. The molecule has 2 amide bonds. The van der Waals surface area contributed by atoms with Crippen molar-refractivity contribution >= 4 is 6.03 Å². The van der Waals surface area contributed by atoms with Crippen molar-refractivity contribution < 1.29 is 4.79 Å². The van der Waals surface area contributed by atoms with Gasteiger partial charge in [-0.3, -0.25) is 0 Å². The Labute approximate surface area is 83.5 Å². The summed E-state index contributed by atoms with van der Waals surface area (Å²) < 4.78 is 0. The Kier molecular flexibility index (Phi) is 2.19. The Morgan fingerprint density at radius 3 is 3.07 bits per heavy atom. The molecule has 1 aromatic heterocycles. The lowest BCUT2D eigenvalue weighted by atomic mass is 10.1. The number of carbonyl (C=O) groups excluding carboxylic acids is 1. The zero-order valence-corrected chi connectivity index (χ0v) is 8.58. The largest absolute Gasteiger partial charge is 0.365 e. The topological polar surface area (TPSA) is 39.3 Å². The predicted molar refractivity (Wildman–Crippen MR) is 54.0 cm³/mol. The van der Waals surface area contributed by atoms with Crippen LogP contribution in [-0.2, 0) is 13.0 Å². The molecule has 14 heavy (non-hydrogen) atoms. The van der Waals surface area contributed by atoms with Crippen LogP contribution in [0.15, 0.2) is 12.3 Å². The average Bonchev–Trinajstić information content (AvgIpc) is 2.62. The number of aromatic nitrogens is 1. The molecule has 2 heterocycles. The third-order valence-electron chi connectivity index (χ3n) is 2.58. The molecule has 1 aliphatic heterocycles. The van der Waals surface area contributed by atoms with Crippen molar-refractivity contribution in [2.75, 3.05) is 20.6 Å². The highest BCUT2D eigenvalue weighted by Crippen LogP contribution is 2.17. The molecule has 0 aliphatic carbocycles. The molecule has 0 atom stereocenters. The Bertz CT molecular complexity index is 343. The van der Waals surface area contributed by atoms with Gasteiger partial charge in [-0.05, 0) is 11.6 Å². The molecule has 1 aliphatic rings. The molecule has 0 saturated heterocycles. The maximum Gasteiger partial charge on any atom is 0.319 e. The van der Waals surface area contributed by atoms with Crippen LogP contribution >= 0.6 is 0 Å². The number of H-pyrrole nitrogens is 1. The predicted octanol–water partition coefficient (Wildman–Crippen LogP) is 1.05. The monoisotopic (exact) mass is 193 g/mol. The van der Waals surface area contributed by atoms with Crippen molar-refractivity contribution in [3.63, 3.8) is 0 Å². The van der Waals surface area contributed by atoms with E-state index < -0.39 is 0 Å². The molecule has 0 unspecified atom stereocenters. The second-order valence-electron chi connectivity index (χ2n) is 3.83. The van der Waals surface area contributed by atoms with Crippen LogP contribution in [0.1, 0.15) is 11.3 Å². The molecule has 4 nitrogen and oxygen atoms in total. The third-order valence-corrected chi connectivity index (χ3v) is 2.58. The molecule has 0 aromatic carbocycles. The average molecular weight is 193 g/mol. The van der Waals surface area contributed by atoms with E-state index in [0.717, 1.165) is 19.5 Å². The molecule has 0 saturated carbocycles. The number of urea groups is 1. The van der Waals surface area contributed by atoms with Crippen molar-refractivity contribution in [3.8, 4) is 0 Å². The summed E-state index contributed by atoms with van der Waals surface area (Å²) in [5.74, 6) is 0. The highest BCUT2D eigenvalue weighted by molar-refractivity contribution is 5.74. The highest BCUT2D eigenvalue weighted by atomic mass is 16.2. The van der Waals surface area contributed by atoms with Gasteiger partial charge in [-0.25, -0.2) is 4.79 Å². The molecule has 2 rings (SSSR count). The number of hydrogen-bond acceptors (Lipinski definition) is 1. The maximum absolute atomic E-state index is 11.7. The second kappa shape index (κ2) is 3.36. The van der Waals surface area contributed by atoms with Gasteiger partial charge in [0.15, 0.2) is 0 Å².